The van der Waals surface area contributed by atoms with Crippen LogP contribution < -0.4 is 5.32 Å². The van der Waals surface area contributed by atoms with E-state index in [9.17, 15) is 0 Å². The van der Waals surface area contributed by atoms with Crippen LogP contribution in [-0.4, -0.2) is 62.2 Å². The van der Waals surface area contributed by atoms with Crippen molar-refractivity contribution in [2.45, 2.75) is 64.0 Å². The maximum atomic E-state index is 3.85. The Morgan fingerprint density at radius 1 is 1.15 bits per heavy atom. The third-order valence-electron chi connectivity index (χ3n) is 5.30. The van der Waals surface area contributed by atoms with Gasteiger partial charge in [0.25, 0.3) is 0 Å². The van der Waals surface area contributed by atoms with Gasteiger partial charge in [-0.15, -0.1) is 0 Å². The molecule has 1 saturated heterocycles. The van der Waals surface area contributed by atoms with Gasteiger partial charge >= 0.3 is 0 Å². The molecule has 2 aliphatic rings. The lowest BCUT2D eigenvalue weighted by atomic mass is 9.83. The Kier molecular flexibility index (Phi) is 6.79. The Bertz CT molecular complexity index is 261. The molecule has 20 heavy (non-hydrogen) atoms. The van der Waals surface area contributed by atoms with Gasteiger partial charge in [-0.2, -0.15) is 0 Å². The topological polar surface area (TPSA) is 18.5 Å². The molecule has 2 unspecified atom stereocenters. The van der Waals surface area contributed by atoms with Crippen molar-refractivity contribution in [2.24, 2.45) is 5.92 Å². The fourth-order valence-corrected chi connectivity index (χ4v) is 3.86. The summed E-state index contributed by atoms with van der Waals surface area (Å²) in [4.78, 5) is 5.06. The molecule has 3 nitrogen and oxygen atoms in total. The summed E-state index contributed by atoms with van der Waals surface area (Å²) in [6.45, 7) is 7.41. The van der Waals surface area contributed by atoms with Crippen molar-refractivity contribution in [1.29, 1.82) is 0 Å². The van der Waals surface area contributed by atoms with Crippen molar-refractivity contribution in [3.05, 3.63) is 0 Å². The van der Waals surface area contributed by atoms with Crippen LogP contribution in [0.5, 0.6) is 0 Å². The van der Waals surface area contributed by atoms with Crippen LogP contribution in [-0.2, 0) is 0 Å². The lowest BCUT2D eigenvalue weighted by molar-refractivity contribution is 0.157. The molecule has 1 aliphatic carbocycles. The average molecular weight is 281 g/mol. The second-order valence-electron chi connectivity index (χ2n) is 7.25. The normalized spacial score (nSPS) is 28.5. The molecule has 1 heterocycles. The second-order valence-corrected chi connectivity index (χ2v) is 7.25. The first-order chi connectivity index (χ1) is 9.66. The monoisotopic (exact) mass is 281 g/mol. The fourth-order valence-electron chi connectivity index (χ4n) is 3.86. The number of nitrogens with zero attached hydrogens (tertiary/aromatic N) is 2. The zero-order valence-corrected chi connectivity index (χ0v) is 13.9. The predicted octanol–water partition coefficient (Wildman–Crippen LogP) is 2.57. The van der Waals surface area contributed by atoms with Crippen LogP contribution in [0.25, 0.3) is 0 Å². The van der Waals surface area contributed by atoms with Gasteiger partial charge in [0, 0.05) is 18.6 Å². The highest BCUT2D eigenvalue weighted by Gasteiger charge is 2.28. The SMILES string of the molecule is CC(CCN(C)C)N1CCCNC(C2CCCCC2)C1. The number of nitrogens with one attached hydrogen (secondary N) is 1. The van der Waals surface area contributed by atoms with Crippen molar-refractivity contribution < 1.29 is 0 Å². The summed E-state index contributed by atoms with van der Waals surface area (Å²) in [6, 6.07) is 1.47. The van der Waals surface area contributed by atoms with E-state index in [0.717, 1.165) is 18.0 Å². The van der Waals surface area contributed by atoms with Gasteiger partial charge in [0.1, 0.15) is 0 Å². The van der Waals surface area contributed by atoms with Crippen molar-refractivity contribution >= 4 is 0 Å². The van der Waals surface area contributed by atoms with E-state index in [4.69, 9.17) is 0 Å². The summed E-state index contributed by atoms with van der Waals surface area (Å²) < 4.78 is 0. The van der Waals surface area contributed by atoms with Crippen LogP contribution in [0.15, 0.2) is 0 Å². The van der Waals surface area contributed by atoms with E-state index in [1.807, 2.05) is 0 Å². The molecule has 0 bridgehead atoms. The number of rotatable bonds is 5. The largest absolute Gasteiger partial charge is 0.312 e. The smallest absolute Gasteiger partial charge is 0.0223 e. The molecule has 118 valence electrons. The highest BCUT2D eigenvalue weighted by atomic mass is 15.2. The molecular weight excluding hydrogens is 246 g/mol. The average Bonchev–Trinajstić information content (AvgIpc) is 2.71. The summed E-state index contributed by atoms with van der Waals surface area (Å²) in [5.74, 6) is 0.936. The van der Waals surface area contributed by atoms with Gasteiger partial charge in [0.15, 0.2) is 0 Å². The second kappa shape index (κ2) is 8.35. The van der Waals surface area contributed by atoms with Crippen molar-refractivity contribution in [3.8, 4) is 0 Å². The molecular formula is C17H35N3. The molecule has 2 atom stereocenters. The van der Waals surface area contributed by atoms with Gasteiger partial charge in [-0.25, -0.2) is 0 Å². The maximum absolute atomic E-state index is 3.85. The molecule has 3 heteroatoms. The van der Waals surface area contributed by atoms with E-state index >= 15 is 0 Å². The lowest BCUT2D eigenvalue weighted by Crippen LogP contribution is -2.46. The van der Waals surface area contributed by atoms with E-state index in [1.54, 1.807) is 0 Å². The van der Waals surface area contributed by atoms with Crippen LogP contribution in [0.1, 0.15) is 51.9 Å². The van der Waals surface area contributed by atoms with Gasteiger partial charge in [-0.3, -0.25) is 4.90 Å². The molecule has 0 aromatic carbocycles. The highest BCUT2D eigenvalue weighted by Crippen LogP contribution is 2.28. The first-order valence-electron chi connectivity index (χ1n) is 8.79. The van der Waals surface area contributed by atoms with Crippen LogP contribution in [0.2, 0.25) is 0 Å². The summed E-state index contributed by atoms with van der Waals surface area (Å²) in [5, 5.41) is 3.85. The summed E-state index contributed by atoms with van der Waals surface area (Å²) in [6.07, 6.45) is 9.90. The molecule has 0 aromatic rings. The number of hydrogen-bond acceptors (Lipinski definition) is 3. The number of hydrogen-bond donors (Lipinski definition) is 1. The Labute approximate surface area is 126 Å². The Morgan fingerprint density at radius 2 is 1.90 bits per heavy atom. The van der Waals surface area contributed by atoms with Gasteiger partial charge in [0.2, 0.25) is 0 Å². The zero-order valence-electron chi connectivity index (χ0n) is 13.9. The van der Waals surface area contributed by atoms with E-state index in [1.165, 1.54) is 71.1 Å². The maximum Gasteiger partial charge on any atom is 0.0223 e. The highest BCUT2D eigenvalue weighted by molar-refractivity contribution is 4.86. The molecule has 0 spiro atoms. The van der Waals surface area contributed by atoms with E-state index in [-0.39, 0.29) is 0 Å². The van der Waals surface area contributed by atoms with Crippen molar-refractivity contribution in [3.63, 3.8) is 0 Å². The van der Waals surface area contributed by atoms with Crippen LogP contribution in [0.4, 0.5) is 0 Å². The van der Waals surface area contributed by atoms with Crippen LogP contribution in [0.3, 0.4) is 0 Å². The minimum atomic E-state index is 0.725. The summed E-state index contributed by atoms with van der Waals surface area (Å²) in [7, 11) is 4.36. The Morgan fingerprint density at radius 3 is 2.60 bits per heavy atom. The molecule has 2 fully saturated rings. The van der Waals surface area contributed by atoms with E-state index < -0.39 is 0 Å². The molecule has 0 amide bonds. The zero-order chi connectivity index (χ0) is 14.4. The molecule has 1 saturated carbocycles. The first-order valence-corrected chi connectivity index (χ1v) is 8.79. The Hall–Kier alpha value is -0.120. The molecule has 2 rings (SSSR count). The van der Waals surface area contributed by atoms with Crippen LogP contribution >= 0.6 is 0 Å². The summed E-state index contributed by atoms with van der Waals surface area (Å²) >= 11 is 0. The Balaban J connectivity index is 1.85. The van der Waals surface area contributed by atoms with E-state index in [2.05, 4.69) is 36.1 Å². The van der Waals surface area contributed by atoms with Gasteiger partial charge < -0.3 is 10.2 Å². The van der Waals surface area contributed by atoms with Crippen molar-refractivity contribution in [1.82, 2.24) is 15.1 Å². The minimum absolute atomic E-state index is 0.725. The molecule has 1 aliphatic heterocycles. The summed E-state index contributed by atoms with van der Waals surface area (Å²) in [5.41, 5.74) is 0. The first kappa shape index (κ1) is 16.3. The fraction of sp³-hybridized carbons (Fsp3) is 1.00. The minimum Gasteiger partial charge on any atom is -0.312 e. The van der Waals surface area contributed by atoms with Crippen molar-refractivity contribution in [2.75, 3.05) is 40.3 Å². The lowest BCUT2D eigenvalue weighted by Gasteiger charge is -2.35. The third-order valence-corrected chi connectivity index (χ3v) is 5.30. The molecule has 0 aromatic heterocycles. The van der Waals surface area contributed by atoms with Gasteiger partial charge in [-0.1, -0.05) is 19.3 Å². The van der Waals surface area contributed by atoms with E-state index in [0.29, 0.717) is 0 Å². The van der Waals surface area contributed by atoms with Gasteiger partial charge in [0.05, 0.1) is 0 Å². The molecule has 1 N–H and O–H groups in total. The standard InChI is InChI=1S/C17H35N3/c1-15(10-13-19(2)3)20-12-7-11-18-17(14-20)16-8-5-4-6-9-16/h15-18H,4-14H2,1-3H3. The van der Waals surface area contributed by atoms with Gasteiger partial charge in [-0.05, 0) is 72.3 Å². The predicted molar refractivity (Wildman–Crippen MR) is 87.2 cm³/mol. The third kappa shape index (κ3) is 5.01. The van der Waals surface area contributed by atoms with Crippen LogP contribution in [0, 0.1) is 5.92 Å². The molecule has 0 radical (unpaired) electrons. The quantitative estimate of drug-likeness (QED) is 0.835.